The summed E-state index contributed by atoms with van der Waals surface area (Å²) in [5, 5.41) is 5.05. The third-order valence-corrected chi connectivity index (χ3v) is 6.76. The Morgan fingerprint density at radius 1 is 1.10 bits per heavy atom. The molecule has 0 bridgehead atoms. The summed E-state index contributed by atoms with van der Waals surface area (Å²) < 4.78 is 5.78. The third kappa shape index (κ3) is 3.95. The van der Waals surface area contributed by atoms with Gasteiger partial charge in [-0.2, -0.15) is 4.37 Å². The van der Waals surface area contributed by atoms with E-state index in [0.717, 1.165) is 25.1 Å². The average Bonchev–Trinajstić information content (AvgIpc) is 3.21. The van der Waals surface area contributed by atoms with Gasteiger partial charge in [0.2, 0.25) is 0 Å². The highest BCUT2D eigenvalue weighted by atomic mass is 32.1. The highest BCUT2D eigenvalue weighted by Crippen LogP contribution is 2.34. The van der Waals surface area contributed by atoms with Gasteiger partial charge in [0.1, 0.15) is 5.84 Å². The summed E-state index contributed by atoms with van der Waals surface area (Å²) in [5.74, 6) is 1.39. The number of fused-ring (bicyclic) bond motifs is 1. The summed E-state index contributed by atoms with van der Waals surface area (Å²) >= 11 is 1.60. The van der Waals surface area contributed by atoms with Crippen LogP contribution in [0.5, 0.6) is 0 Å². The van der Waals surface area contributed by atoms with Crippen LogP contribution >= 0.6 is 11.5 Å². The second kappa shape index (κ2) is 9.08. The van der Waals surface area contributed by atoms with E-state index in [2.05, 4.69) is 69.4 Å². The first-order valence-corrected chi connectivity index (χ1v) is 11.5. The second-order valence-electron chi connectivity index (χ2n) is 7.86. The van der Waals surface area contributed by atoms with Crippen molar-refractivity contribution >= 4 is 33.1 Å². The summed E-state index contributed by atoms with van der Waals surface area (Å²) in [6, 6.07) is 6.87. The van der Waals surface area contributed by atoms with E-state index in [1.807, 2.05) is 13.2 Å². The fourth-order valence-corrected chi connectivity index (χ4v) is 5.08. The molecule has 29 heavy (non-hydrogen) atoms. The van der Waals surface area contributed by atoms with E-state index < -0.39 is 0 Å². The Balaban J connectivity index is 2.18. The Hall–Kier alpha value is -2.20. The zero-order chi connectivity index (χ0) is 21.1. The molecule has 154 valence electrons. The standard InChI is InChI=1S/C25H33N3S/c1-8-17-11-12-20(15(4)5)23(16(17)6)28-25(26-7)21-13-18(9-2)22-14-27-29-24(22)19(21)10-3/h11-15H,8-10H2,1-7H3,(H,26,28). The van der Waals surface area contributed by atoms with Gasteiger partial charge >= 0.3 is 0 Å². The molecule has 1 heterocycles. The Kier molecular flexibility index (Phi) is 6.74. The van der Waals surface area contributed by atoms with Crippen LogP contribution in [0.15, 0.2) is 29.4 Å². The van der Waals surface area contributed by atoms with Gasteiger partial charge in [0.05, 0.1) is 4.70 Å². The predicted molar refractivity (Wildman–Crippen MR) is 129 cm³/mol. The van der Waals surface area contributed by atoms with E-state index in [4.69, 9.17) is 4.99 Å². The molecular weight excluding hydrogens is 374 g/mol. The molecule has 3 rings (SSSR count). The molecule has 1 aromatic heterocycles. The number of nitrogens with zero attached hydrogens (tertiary/aromatic N) is 2. The minimum atomic E-state index is 0.445. The van der Waals surface area contributed by atoms with Gasteiger partial charge in [-0.25, -0.2) is 0 Å². The highest BCUT2D eigenvalue weighted by Gasteiger charge is 2.19. The molecule has 3 nitrogen and oxygen atoms in total. The van der Waals surface area contributed by atoms with Crippen molar-refractivity contribution in [1.82, 2.24) is 4.37 Å². The van der Waals surface area contributed by atoms with Crippen molar-refractivity contribution in [3.63, 3.8) is 0 Å². The monoisotopic (exact) mass is 407 g/mol. The van der Waals surface area contributed by atoms with Gasteiger partial charge in [-0.05, 0) is 77.5 Å². The maximum Gasteiger partial charge on any atom is 0.132 e. The maximum absolute atomic E-state index is 4.72. The van der Waals surface area contributed by atoms with Gasteiger partial charge in [-0.1, -0.05) is 46.8 Å². The highest BCUT2D eigenvalue weighted by molar-refractivity contribution is 7.13. The van der Waals surface area contributed by atoms with Gasteiger partial charge in [0.25, 0.3) is 0 Å². The Morgan fingerprint density at radius 3 is 2.41 bits per heavy atom. The first-order valence-electron chi connectivity index (χ1n) is 10.7. The molecule has 0 unspecified atom stereocenters. The molecule has 0 saturated heterocycles. The summed E-state index contributed by atoms with van der Waals surface area (Å²) in [7, 11) is 1.89. The van der Waals surface area contributed by atoms with Crippen molar-refractivity contribution in [2.24, 2.45) is 4.99 Å². The largest absolute Gasteiger partial charge is 0.340 e. The van der Waals surface area contributed by atoms with Gasteiger partial charge < -0.3 is 5.32 Å². The van der Waals surface area contributed by atoms with Gasteiger partial charge in [-0.15, -0.1) is 0 Å². The molecule has 0 spiro atoms. The average molecular weight is 408 g/mol. The van der Waals surface area contributed by atoms with E-state index >= 15 is 0 Å². The van der Waals surface area contributed by atoms with Crippen molar-refractivity contribution in [2.45, 2.75) is 66.7 Å². The summed E-state index contributed by atoms with van der Waals surface area (Å²) in [6.07, 6.45) is 5.00. The number of aliphatic imine (C=N–C) groups is 1. The van der Waals surface area contributed by atoms with Crippen LogP contribution in [0.3, 0.4) is 0 Å². The number of aryl methyl sites for hydroxylation is 3. The molecule has 0 atom stereocenters. The zero-order valence-corrected chi connectivity index (χ0v) is 19.6. The normalized spacial score (nSPS) is 12.2. The van der Waals surface area contributed by atoms with E-state index in [1.165, 1.54) is 49.2 Å². The lowest BCUT2D eigenvalue weighted by Gasteiger charge is -2.22. The lowest BCUT2D eigenvalue weighted by atomic mass is 9.93. The third-order valence-electron chi connectivity index (χ3n) is 5.90. The molecule has 0 saturated carbocycles. The molecule has 0 aliphatic carbocycles. The molecular formula is C25H33N3S. The Morgan fingerprint density at radius 2 is 1.83 bits per heavy atom. The SMILES string of the molecule is CCc1ccc(C(C)C)c(NC(=NC)c2cc(CC)c3cnsc3c2CC)c1C. The second-order valence-corrected chi connectivity index (χ2v) is 8.66. The quantitative estimate of drug-likeness (QED) is 0.356. The van der Waals surface area contributed by atoms with E-state index in [0.29, 0.717) is 5.92 Å². The summed E-state index contributed by atoms with van der Waals surface area (Å²) in [5.41, 5.74) is 9.15. The zero-order valence-electron chi connectivity index (χ0n) is 18.8. The minimum Gasteiger partial charge on any atom is -0.340 e. The first kappa shape index (κ1) is 21.5. The van der Waals surface area contributed by atoms with Crippen molar-refractivity contribution in [1.29, 1.82) is 0 Å². The Bertz CT molecular complexity index is 1040. The molecule has 0 amide bonds. The fraction of sp³-hybridized carbons (Fsp3) is 0.440. The van der Waals surface area contributed by atoms with Crippen LogP contribution in [0, 0.1) is 6.92 Å². The van der Waals surface area contributed by atoms with Crippen LogP contribution in [0.2, 0.25) is 0 Å². The van der Waals surface area contributed by atoms with Crippen LogP contribution < -0.4 is 5.32 Å². The topological polar surface area (TPSA) is 37.3 Å². The molecule has 1 N–H and O–H groups in total. The molecule has 2 aromatic carbocycles. The first-order chi connectivity index (χ1) is 14.0. The number of benzene rings is 2. The van der Waals surface area contributed by atoms with Gasteiger partial charge in [0.15, 0.2) is 0 Å². The summed E-state index contributed by atoms with van der Waals surface area (Å²) in [6.45, 7) is 13.4. The molecule has 0 radical (unpaired) electrons. The predicted octanol–water partition coefficient (Wildman–Crippen LogP) is 6.90. The van der Waals surface area contributed by atoms with Gasteiger partial charge in [-0.3, -0.25) is 4.99 Å². The number of amidine groups is 1. The number of aromatic nitrogens is 1. The van der Waals surface area contributed by atoms with Gasteiger partial charge in [0, 0.05) is 29.9 Å². The molecule has 0 aliphatic heterocycles. The molecule has 0 fully saturated rings. The molecule has 3 aromatic rings. The van der Waals surface area contributed by atoms with E-state index in [9.17, 15) is 0 Å². The summed E-state index contributed by atoms with van der Waals surface area (Å²) in [4.78, 5) is 4.72. The van der Waals surface area contributed by atoms with Crippen LogP contribution in [0.4, 0.5) is 5.69 Å². The van der Waals surface area contributed by atoms with Crippen LogP contribution in [-0.2, 0) is 19.3 Å². The number of nitrogens with one attached hydrogen (secondary N) is 1. The molecule has 4 heteroatoms. The van der Waals surface area contributed by atoms with Crippen LogP contribution in [0.25, 0.3) is 10.1 Å². The molecule has 0 aliphatic rings. The minimum absolute atomic E-state index is 0.445. The van der Waals surface area contributed by atoms with E-state index in [1.54, 1.807) is 11.5 Å². The van der Waals surface area contributed by atoms with Crippen LogP contribution in [-0.4, -0.2) is 17.3 Å². The Labute approximate surface area is 179 Å². The van der Waals surface area contributed by atoms with Crippen molar-refractivity contribution < 1.29 is 0 Å². The van der Waals surface area contributed by atoms with Crippen molar-refractivity contribution in [3.8, 4) is 0 Å². The van der Waals surface area contributed by atoms with Crippen molar-refractivity contribution in [2.75, 3.05) is 12.4 Å². The van der Waals surface area contributed by atoms with Crippen molar-refractivity contribution in [3.05, 3.63) is 57.8 Å². The number of anilines is 1. The number of rotatable bonds is 6. The smallest absolute Gasteiger partial charge is 0.132 e. The lowest BCUT2D eigenvalue weighted by Crippen LogP contribution is -2.19. The fourth-order valence-electron chi connectivity index (χ4n) is 4.17. The van der Waals surface area contributed by atoms with E-state index in [-0.39, 0.29) is 0 Å². The number of hydrogen-bond donors (Lipinski definition) is 1. The number of hydrogen-bond acceptors (Lipinski definition) is 3. The maximum atomic E-state index is 4.72. The van der Waals surface area contributed by atoms with Crippen LogP contribution in [0.1, 0.15) is 73.9 Å². The lowest BCUT2D eigenvalue weighted by molar-refractivity contribution is 0.865.